The Balaban J connectivity index is 1.32. The average molecular weight is 578 g/mol. The number of alkyl halides is 3. The number of carbonyl (C=O) groups excluding carboxylic acids is 1. The topological polar surface area (TPSA) is 65.1 Å². The van der Waals surface area contributed by atoms with Crippen LogP contribution in [0.2, 0.25) is 0 Å². The smallest absolute Gasteiger partial charge is 0.338 e. The van der Waals surface area contributed by atoms with Crippen molar-refractivity contribution in [2.24, 2.45) is 5.92 Å². The Labute approximate surface area is 240 Å². The van der Waals surface area contributed by atoms with E-state index in [1.807, 2.05) is 52.3 Å². The molecule has 0 spiro atoms. The number of pyridine rings is 1. The van der Waals surface area contributed by atoms with Gasteiger partial charge in [-0.25, -0.2) is 4.98 Å². The van der Waals surface area contributed by atoms with Gasteiger partial charge in [0.15, 0.2) is 0 Å². The third kappa shape index (κ3) is 5.70. The van der Waals surface area contributed by atoms with E-state index in [1.54, 1.807) is 24.2 Å². The number of aromatic nitrogens is 3. The molecule has 1 amide bonds. The molecule has 4 aromatic rings. The molecular weight excluding hydrogens is 547 g/mol. The van der Waals surface area contributed by atoms with Gasteiger partial charge in [0.25, 0.3) is 5.91 Å². The summed E-state index contributed by atoms with van der Waals surface area (Å²) in [6.45, 7) is 3.17. The molecule has 2 aliphatic rings. The maximum atomic E-state index is 14.5. The van der Waals surface area contributed by atoms with Crippen LogP contribution in [0.5, 0.6) is 0 Å². The average Bonchev–Trinajstić information content (AvgIpc) is 3.42. The number of nitrogens with zero attached hydrogens (tertiary/aromatic N) is 4. The Kier molecular flexibility index (Phi) is 7.50. The summed E-state index contributed by atoms with van der Waals surface area (Å²) in [4.78, 5) is 30.2. The van der Waals surface area contributed by atoms with Crippen molar-refractivity contribution in [1.29, 1.82) is 0 Å². The Hall–Kier alpha value is -3.79. The summed E-state index contributed by atoms with van der Waals surface area (Å²) in [6.07, 6.45) is 1.65. The van der Waals surface area contributed by atoms with Crippen molar-refractivity contribution in [3.05, 3.63) is 95.3 Å². The molecule has 2 aromatic carbocycles. The fraction of sp³-hybridized carbons (Fsp3) is 0.323. The molecule has 212 valence electrons. The van der Waals surface area contributed by atoms with Gasteiger partial charge in [-0.3, -0.25) is 14.7 Å². The number of amides is 1. The van der Waals surface area contributed by atoms with Crippen molar-refractivity contribution in [2.75, 3.05) is 22.9 Å². The minimum Gasteiger partial charge on any atom is -0.338 e. The monoisotopic (exact) mass is 577 g/mol. The first-order chi connectivity index (χ1) is 19.8. The number of para-hydroxylation sites is 1. The van der Waals surface area contributed by atoms with Gasteiger partial charge in [0.1, 0.15) is 0 Å². The number of fused-ring (bicyclic) bond motifs is 1. The van der Waals surface area contributed by atoms with E-state index in [0.717, 1.165) is 47.6 Å². The standard InChI is InChI=1S/C31H30F3N5OS/c1-20-7-10-28(41-19-21-11-14-35-15-12-21)39(23-5-3-2-4-6-23)29(40)25-18-38(16-13-24(20)25)30-36-26-9-8-22(31(32,33)34)17-27(26)37-30/h2-6,8-9,11-12,14-15,17,20,28H,7,10,13,16,18-19H2,1H3,(H,36,37). The molecule has 41 heavy (non-hydrogen) atoms. The summed E-state index contributed by atoms with van der Waals surface area (Å²) in [5, 5.41) is -0.0584. The van der Waals surface area contributed by atoms with Crippen LogP contribution < -0.4 is 9.80 Å². The fourth-order valence-electron chi connectivity index (χ4n) is 5.70. The van der Waals surface area contributed by atoms with E-state index in [9.17, 15) is 18.0 Å². The molecule has 0 bridgehead atoms. The van der Waals surface area contributed by atoms with Crippen LogP contribution in [0.4, 0.5) is 24.8 Å². The number of thioether (sulfide) groups is 1. The van der Waals surface area contributed by atoms with Crippen LogP contribution in [0.15, 0.2) is 84.2 Å². The molecule has 0 saturated carbocycles. The number of rotatable bonds is 5. The third-order valence-electron chi connectivity index (χ3n) is 7.92. The Morgan fingerprint density at radius 3 is 2.59 bits per heavy atom. The molecule has 10 heteroatoms. The highest BCUT2D eigenvalue weighted by Crippen LogP contribution is 2.39. The fourth-order valence-corrected chi connectivity index (χ4v) is 6.95. The van der Waals surface area contributed by atoms with Gasteiger partial charge >= 0.3 is 6.18 Å². The predicted molar refractivity (Wildman–Crippen MR) is 157 cm³/mol. The molecule has 2 unspecified atom stereocenters. The Morgan fingerprint density at radius 2 is 1.83 bits per heavy atom. The molecule has 0 saturated heterocycles. The number of halogens is 3. The molecule has 0 fully saturated rings. The first-order valence-corrected chi connectivity index (χ1v) is 14.8. The summed E-state index contributed by atoms with van der Waals surface area (Å²) in [5.41, 5.74) is 3.99. The normalized spacial score (nSPS) is 20.2. The molecule has 1 N–H and O–H groups in total. The van der Waals surface area contributed by atoms with Crippen LogP contribution in [0, 0.1) is 5.92 Å². The van der Waals surface area contributed by atoms with Crippen LogP contribution in [0.3, 0.4) is 0 Å². The first-order valence-electron chi connectivity index (χ1n) is 13.7. The molecule has 2 aromatic heterocycles. The molecule has 6 rings (SSSR count). The van der Waals surface area contributed by atoms with Gasteiger partial charge in [-0.15, -0.1) is 11.8 Å². The van der Waals surface area contributed by atoms with E-state index < -0.39 is 11.7 Å². The summed E-state index contributed by atoms with van der Waals surface area (Å²) in [7, 11) is 0. The second kappa shape index (κ2) is 11.2. The van der Waals surface area contributed by atoms with Crippen molar-refractivity contribution in [1.82, 2.24) is 15.0 Å². The first kappa shape index (κ1) is 27.4. The highest BCUT2D eigenvalue weighted by Gasteiger charge is 2.37. The zero-order valence-corrected chi connectivity index (χ0v) is 23.4. The maximum absolute atomic E-state index is 14.5. The van der Waals surface area contributed by atoms with Gasteiger partial charge in [-0.1, -0.05) is 30.7 Å². The second-order valence-electron chi connectivity index (χ2n) is 10.6. The number of H-pyrrole nitrogens is 1. The quantitative estimate of drug-likeness (QED) is 0.272. The largest absolute Gasteiger partial charge is 0.416 e. The van der Waals surface area contributed by atoms with Crippen LogP contribution in [-0.4, -0.2) is 39.3 Å². The van der Waals surface area contributed by atoms with Crippen LogP contribution in [0.25, 0.3) is 11.0 Å². The Morgan fingerprint density at radius 1 is 1.05 bits per heavy atom. The second-order valence-corrected chi connectivity index (χ2v) is 11.7. The molecule has 2 atom stereocenters. The Bertz CT molecular complexity index is 1570. The number of carbonyl (C=O) groups is 1. The lowest BCUT2D eigenvalue weighted by Gasteiger charge is -2.40. The van der Waals surface area contributed by atoms with Crippen molar-refractivity contribution in [2.45, 2.75) is 43.5 Å². The van der Waals surface area contributed by atoms with Gasteiger partial charge in [0.2, 0.25) is 5.95 Å². The zero-order chi connectivity index (χ0) is 28.6. The molecular formula is C31H30F3N5OS. The molecule has 4 heterocycles. The van der Waals surface area contributed by atoms with E-state index in [0.29, 0.717) is 36.5 Å². The maximum Gasteiger partial charge on any atom is 0.416 e. The summed E-state index contributed by atoms with van der Waals surface area (Å²) in [6, 6.07) is 17.3. The highest BCUT2D eigenvalue weighted by atomic mass is 32.2. The minimum atomic E-state index is -4.43. The molecule has 2 aliphatic heterocycles. The summed E-state index contributed by atoms with van der Waals surface area (Å²) in [5.74, 6) is 1.46. The number of aromatic amines is 1. The number of hydrogen-bond donors (Lipinski definition) is 1. The molecule has 0 radical (unpaired) electrons. The van der Waals surface area contributed by atoms with Gasteiger partial charge < -0.3 is 9.88 Å². The SMILES string of the molecule is CC1CCC(SCc2ccncc2)N(c2ccccc2)C(=O)C2=C1CCN(c1nc3ccc(C(F)(F)F)cc3[nH]1)C2. The highest BCUT2D eigenvalue weighted by molar-refractivity contribution is 7.99. The number of anilines is 2. The van der Waals surface area contributed by atoms with Gasteiger partial charge in [-0.2, -0.15) is 13.2 Å². The van der Waals surface area contributed by atoms with Crippen molar-refractivity contribution < 1.29 is 18.0 Å². The van der Waals surface area contributed by atoms with Crippen LogP contribution in [-0.2, 0) is 16.7 Å². The number of nitrogens with one attached hydrogen (secondary N) is 1. The van der Waals surface area contributed by atoms with Crippen molar-refractivity contribution in [3.63, 3.8) is 0 Å². The summed E-state index contributed by atoms with van der Waals surface area (Å²) < 4.78 is 39.8. The van der Waals surface area contributed by atoms with Gasteiger partial charge in [-0.05, 0) is 73.2 Å². The van der Waals surface area contributed by atoms with E-state index in [1.165, 1.54) is 11.6 Å². The van der Waals surface area contributed by atoms with Gasteiger partial charge in [0.05, 0.1) is 28.5 Å². The van der Waals surface area contributed by atoms with Crippen molar-refractivity contribution in [3.8, 4) is 0 Å². The number of hydrogen-bond acceptors (Lipinski definition) is 5. The lowest BCUT2D eigenvalue weighted by atomic mass is 9.85. The third-order valence-corrected chi connectivity index (χ3v) is 9.25. The van der Waals surface area contributed by atoms with E-state index in [2.05, 4.69) is 21.9 Å². The van der Waals surface area contributed by atoms with E-state index >= 15 is 0 Å². The lowest BCUT2D eigenvalue weighted by molar-refractivity contribution is -0.137. The van der Waals surface area contributed by atoms with E-state index in [4.69, 9.17) is 0 Å². The van der Waals surface area contributed by atoms with Crippen molar-refractivity contribution >= 4 is 40.3 Å². The lowest BCUT2D eigenvalue weighted by Crippen LogP contribution is -2.46. The van der Waals surface area contributed by atoms with Gasteiger partial charge in [0, 0.05) is 36.0 Å². The molecule has 6 nitrogen and oxygen atoms in total. The minimum absolute atomic E-state index is 0.0230. The summed E-state index contributed by atoms with van der Waals surface area (Å²) >= 11 is 1.76. The number of imidazole rings is 1. The van der Waals surface area contributed by atoms with E-state index in [-0.39, 0.29) is 17.2 Å². The zero-order valence-electron chi connectivity index (χ0n) is 22.6. The number of benzene rings is 2. The van der Waals surface area contributed by atoms with Crippen LogP contribution in [0.1, 0.15) is 37.3 Å². The molecule has 0 aliphatic carbocycles. The van der Waals surface area contributed by atoms with Crippen LogP contribution >= 0.6 is 11.8 Å². The predicted octanol–water partition coefficient (Wildman–Crippen LogP) is 7.21.